The van der Waals surface area contributed by atoms with E-state index in [9.17, 15) is 0 Å². The molecule has 3 heteroatoms. The molecule has 0 spiro atoms. The van der Waals surface area contributed by atoms with Crippen LogP contribution in [0.15, 0.2) is 35.9 Å². The fourth-order valence-corrected chi connectivity index (χ4v) is 0.890. The number of ether oxygens (including phenoxy) is 2. The second-order valence-corrected chi connectivity index (χ2v) is 2.28. The quantitative estimate of drug-likeness (QED) is 0.640. The predicted molar refractivity (Wildman–Crippen MR) is 47.1 cm³/mol. The summed E-state index contributed by atoms with van der Waals surface area (Å²) in [7, 11) is 0. The fourth-order valence-electron chi connectivity index (χ4n) is 0.890. The minimum Gasteiger partial charge on any atom is -0.486 e. The summed E-state index contributed by atoms with van der Waals surface area (Å²) in [6.45, 7) is 3.09. The van der Waals surface area contributed by atoms with Gasteiger partial charge in [-0.15, -0.1) is 0 Å². The molecule has 1 fully saturated rings. The Bertz CT molecular complexity index is 229. The molecule has 0 aromatic heterocycles. The van der Waals surface area contributed by atoms with Crippen molar-refractivity contribution in [2.75, 3.05) is 13.2 Å². The standard InChI is InChI=1S/C9H13NO2/c1-2-3-4-8-9(7-10)12-6-5-11-8/h2-4,7H,5-6,10H2,1H3/b3-2-,8-4+,9-7-. The van der Waals surface area contributed by atoms with E-state index in [0.717, 1.165) is 0 Å². The Balaban J connectivity index is 2.71. The second-order valence-electron chi connectivity index (χ2n) is 2.28. The van der Waals surface area contributed by atoms with Crippen LogP contribution in [0.2, 0.25) is 0 Å². The van der Waals surface area contributed by atoms with Crippen LogP contribution >= 0.6 is 0 Å². The van der Waals surface area contributed by atoms with Crippen LogP contribution in [0.5, 0.6) is 0 Å². The van der Waals surface area contributed by atoms with E-state index in [4.69, 9.17) is 15.2 Å². The maximum absolute atomic E-state index is 5.33. The second kappa shape index (κ2) is 4.49. The van der Waals surface area contributed by atoms with E-state index in [0.29, 0.717) is 24.7 Å². The molecule has 0 aliphatic carbocycles. The van der Waals surface area contributed by atoms with Gasteiger partial charge in [-0.05, 0) is 13.0 Å². The molecule has 66 valence electrons. The van der Waals surface area contributed by atoms with Gasteiger partial charge in [-0.2, -0.15) is 0 Å². The van der Waals surface area contributed by atoms with Crippen molar-refractivity contribution in [3.63, 3.8) is 0 Å². The first-order valence-electron chi connectivity index (χ1n) is 3.89. The Morgan fingerprint density at radius 3 is 2.50 bits per heavy atom. The molecule has 0 saturated carbocycles. The van der Waals surface area contributed by atoms with Gasteiger partial charge in [-0.3, -0.25) is 0 Å². The van der Waals surface area contributed by atoms with Crippen molar-refractivity contribution >= 4 is 0 Å². The van der Waals surface area contributed by atoms with Crippen LogP contribution in [0.1, 0.15) is 6.92 Å². The van der Waals surface area contributed by atoms with E-state index >= 15 is 0 Å². The highest BCUT2D eigenvalue weighted by molar-refractivity contribution is 5.24. The molecule has 2 N–H and O–H groups in total. The Morgan fingerprint density at radius 1 is 1.25 bits per heavy atom. The summed E-state index contributed by atoms with van der Waals surface area (Å²) >= 11 is 0. The maximum atomic E-state index is 5.33. The topological polar surface area (TPSA) is 44.5 Å². The average molecular weight is 167 g/mol. The van der Waals surface area contributed by atoms with Gasteiger partial charge in [0.15, 0.2) is 11.5 Å². The Hall–Kier alpha value is -1.38. The molecule has 0 amide bonds. The highest BCUT2D eigenvalue weighted by Gasteiger charge is 2.11. The molecule has 0 aromatic rings. The molecule has 0 bridgehead atoms. The van der Waals surface area contributed by atoms with Crippen molar-refractivity contribution in [1.29, 1.82) is 0 Å². The summed E-state index contributed by atoms with van der Waals surface area (Å²) < 4.78 is 10.6. The molecule has 1 heterocycles. The van der Waals surface area contributed by atoms with Gasteiger partial charge >= 0.3 is 0 Å². The minimum absolute atomic E-state index is 0.566. The summed E-state index contributed by atoms with van der Waals surface area (Å²) in [6, 6.07) is 0. The van der Waals surface area contributed by atoms with Crippen LogP contribution in [0.3, 0.4) is 0 Å². The molecule has 1 aliphatic heterocycles. The van der Waals surface area contributed by atoms with Crippen molar-refractivity contribution in [1.82, 2.24) is 0 Å². The van der Waals surface area contributed by atoms with Gasteiger partial charge in [-0.1, -0.05) is 12.2 Å². The smallest absolute Gasteiger partial charge is 0.176 e. The third-order valence-electron chi connectivity index (χ3n) is 1.43. The molecule has 0 atom stereocenters. The van der Waals surface area contributed by atoms with Crippen LogP contribution in [0, 0.1) is 0 Å². The van der Waals surface area contributed by atoms with E-state index in [1.165, 1.54) is 6.20 Å². The van der Waals surface area contributed by atoms with Crippen molar-refractivity contribution in [2.45, 2.75) is 6.92 Å². The first-order valence-corrected chi connectivity index (χ1v) is 3.89. The molecule has 12 heavy (non-hydrogen) atoms. The van der Waals surface area contributed by atoms with Crippen LogP contribution in [-0.2, 0) is 9.47 Å². The lowest BCUT2D eigenvalue weighted by atomic mass is 10.3. The number of hydrogen-bond acceptors (Lipinski definition) is 3. The van der Waals surface area contributed by atoms with Crippen LogP contribution in [0.4, 0.5) is 0 Å². The molecule has 3 nitrogen and oxygen atoms in total. The van der Waals surface area contributed by atoms with E-state index in [2.05, 4.69) is 0 Å². The zero-order valence-corrected chi connectivity index (χ0v) is 7.12. The SMILES string of the molecule is C\C=C/C=C1/OCCO/C1=C\N. The van der Waals surface area contributed by atoms with Crippen molar-refractivity contribution in [2.24, 2.45) is 5.73 Å². The lowest BCUT2D eigenvalue weighted by Gasteiger charge is -2.19. The van der Waals surface area contributed by atoms with E-state index in [-0.39, 0.29) is 0 Å². The minimum atomic E-state index is 0.566. The normalized spacial score (nSPS) is 24.4. The maximum Gasteiger partial charge on any atom is 0.176 e. The molecular weight excluding hydrogens is 154 g/mol. The lowest BCUT2D eigenvalue weighted by Crippen LogP contribution is -2.14. The van der Waals surface area contributed by atoms with E-state index < -0.39 is 0 Å². The average Bonchev–Trinajstić information content (AvgIpc) is 2.15. The summed E-state index contributed by atoms with van der Waals surface area (Å²) in [5, 5.41) is 0. The van der Waals surface area contributed by atoms with Gasteiger partial charge in [-0.25, -0.2) is 0 Å². The van der Waals surface area contributed by atoms with Gasteiger partial charge in [0.1, 0.15) is 13.2 Å². The number of nitrogens with two attached hydrogens (primary N) is 1. The van der Waals surface area contributed by atoms with E-state index in [1.54, 1.807) is 0 Å². The molecule has 0 aromatic carbocycles. The van der Waals surface area contributed by atoms with Crippen molar-refractivity contribution < 1.29 is 9.47 Å². The Morgan fingerprint density at radius 2 is 1.92 bits per heavy atom. The third kappa shape index (κ3) is 2.05. The van der Waals surface area contributed by atoms with Crippen molar-refractivity contribution in [3.05, 3.63) is 35.9 Å². The molecule has 0 unspecified atom stereocenters. The van der Waals surface area contributed by atoms with Gasteiger partial charge in [0, 0.05) is 6.20 Å². The third-order valence-corrected chi connectivity index (χ3v) is 1.43. The first-order chi connectivity index (χ1) is 5.88. The van der Waals surface area contributed by atoms with Gasteiger partial charge in [0.25, 0.3) is 0 Å². The molecule has 0 radical (unpaired) electrons. The molecule has 1 aliphatic rings. The monoisotopic (exact) mass is 167 g/mol. The highest BCUT2D eigenvalue weighted by atomic mass is 16.6. The van der Waals surface area contributed by atoms with Gasteiger partial charge in [0.05, 0.1) is 0 Å². The van der Waals surface area contributed by atoms with Crippen LogP contribution in [0.25, 0.3) is 0 Å². The Kier molecular flexibility index (Phi) is 3.26. The van der Waals surface area contributed by atoms with Crippen LogP contribution < -0.4 is 5.73 Å². The zero-order valence-electron chi connectivity index (χ0n) is 7.12. The molecule has 1 saturated heterocycles. The number of allylic oxidation sites excluding steroid dienone is 3. The number of hydrogen-bond donors (Lipinski definition) is 1. The summed E-state index contributed by atoms with van der Waals surface area (Å²) in [5.74, 6) is 1.31. The summed E-state index contributed by atoms with van der Waals surface area (Å²) in [6.07, 6.45) is 7.04. The largest absolute Gasteiger partial charge is 0.486 e. The number of rotatable bonds is 1. The highest BCUT2D eigenvalue weighted by Crippen LogP contribution is 2.16. The summed E-state index contributed by atoms with van der Waals surface area (Å²) in [4.78, 5) is 0. The predicted octanol–water partition coefficient (Wildman–Crippen LogP) is 1.29. The fraction of sp³-hybridized carbons (Fsp3) is 0.333. The first kappa shape index (κ1) is 8.71. The zero-order chi connectivity index (χ0) is 8.81. The molecule has 1 rings (SSSR count). The van der Waals surface area contributed by atoms with E-state index in [1.807, 2.05) is 25.2 Å². The molecular formula is C9H13NO2. The Labute approximate surface area is 72.2 Å². The van der Waals surface area contributed by atoms with Crippen molar-refractivity contribution in [3.8, 4) is 0 Å². The lowest BCUT2D eigenvalue weighted by molar-refractivity contribution is 0.0592. The van der Waals surface area contributed by atoms with Gasteiger partial charge < -0.3 is 15.2 Å². The summed E-state index contributed by atoms with van der Waals surface area (Å²) in [5.41, 5.74) is 5.33. The van der Waals surface area contributed by atoms with Crippen LogP contribution in [-0.4, -0.2) is 13.2 Å². The van der Waals surface area contributed by atoms with Gasteiger partial charge in [0.2, 0.25) is 0 Å².